The van der Waals surface area contributed by atoms with Crippen molar-refractivity contribution in [3.8, 4) is 5.69 Å². The number of nitrogens with zero attached hydrogens (tertiary/aromatic N) is 3. The van der Waals surface area contributed by atoms with Gasteiger partial charge in [-0.15, -0.1) is 0 Å². The van der Waals surface area contributed by atoms with Gasteiger partial charge in [-0.3, -0.25) is 9.78 Å². The Morgan fingerprint density at radius 3 is 2.53 bits per heavy atom. The van der Waals surface area contributed by atoms with Gasteiger partial charge in [0.2, 0.25) is 5.91 Å². The lowest BCUT2D eigenvalue weighted by molar-refractivity contribution is -0.119. The van der Waals surface area contributed by atoms with E-state index in [0.29, 0.717) is 10.8 Å². The molecule has 2 atom stereocenters. The molecule has 0 bridgehead atoms. The van der Waals surface area contributed by atoms with Crippen LogP contribution < -0.4 is 15.5 Å². The number of amides is 1. The molecular formula is C29H28BrN5O2S. The molecule has 2 aromatic carbocycles. The van der Waals surface area contributed by atoms with Crippen LogP contribution in [0.2, 0.25) is 0 Å². The van der Waals surface area contributed by atoms with Crippen LogP contribution in [0.3, 0.4) is 0 Å². The zero-order chi connectivity index (χ0) is 26.8. The number of anilines is 2. The molecule has 2 aromatic heterocycles. The zero-order valence-electron chi connectivity index (χ0n) is 21.3. The fourth-order valence-electron chi connectivity index (χ4n) is 5.07. The van der Waals surface area contributed by atoms with Crippen molar-refractivity contribution in [2.45, 2.75) is 25.9 Å². The molecule has 4 aromatic rings. The highest BCUT2D eigenvalue weighted by molar-refractivity contribution is 9.10. The number of carbonyl (C=O) groups excluding carboxylic acids is 1. The Kier molecular flexibility index (Phi) is 7.60. The van der Waals surface area contributed by atoms with E-state index in [1.54, 1.807) is 0 Å². The van der Waals surface area contributed by atoms with E-state index in [4.69, 9.17) is 17.0 Å². The van der Waals surface area contributed by atoms with Gasteiger partial charge in [-0.2, -0.15) is 0 Å². The molecule has 194 valence electrons. The SMILES string of the molecule is COCC(=O)Nc1ccc(N2C(=S)N[C@H](c3ccccn3)[C@@H]2c2cc(C)n(-c3ccccc3Br)c2C)cc1. The Morgan fingerprint density at radius 2 is 1.84 bits per heavy atom. The highest BCUT2D eigenvalue weighted by Crippen LogP contribution is 2.44. The first-order valence-electron chi connectivity index (χ1n) is 12.2. The summed E-state index contributed by atoms with van der Waals surface area (Å²) in [5.74, 6) is -0.203. The van der Waals surface area contributed by atoms with Gasteiger partial charge >= 0.3 is 0 Å². The minimum absolute atomic E-state index is 0.00284. The topological polar surface area (TPSA) is 71.4 Å². The van der Waals surface area contributed by atoms with Gasteiger partial charge in [0.25, 0.3) is 0 Å². The number of benzene rings is 2. The van der Waals surface area contributed by atoms with Crippen LogP contribution in [0.5, 0.6) is 0 Å². The summed E-state index contributed by atoms with van der Waals surface area (Å²) >= 11 is 9.62. The van der Waals surface area contributed by atoms with Crippen molar-refractivity contribution in [3.05, 3.63) is 106 Å². The van der Waals surface area contributed by atoms with Crippen molar-refractivity contribution in [3.63, 3.8) is 0 Å². The fourth-order valence-corrected chi connectivity index (χ4v) is 5.88. The molecule has 0 aliphatic carbocycles. The van der Waals surface area contributed by atoms with Crippen LogP contribution in [0.4, 0.5) is 11.4 Å². The van der Waals surface area contributed by atoms with E-state index < -0.39 is 0 Å². The number of pyridine rings is 1. The quantitative estimate of drug-likeness (QED) is 0.257. The number of rotatable bonds is 7. The largest absolute Gasteiger partial charge is 0.375 e. The molecule has 0 radical (unpaired) electrons. The molecule has 1 aliphatic rings. The lowest BCUT2D eigenvalue weighted by atomic mass is 9.96. The van der Waals surface area contributed by atoms with Gasteiger partial charge in [-0.1, -0.05) is 18.2 Å². The second-order valence-corrected chi connectivity index (χ2v) is 10.4. The van der Waals surface area contributed by atoms with Crippen molar-refractivity contribution >= 4 is 50.5 Å². The second kappa shape index (κ2) is 11.1. The summed E-state index contributed by atoms with van der Waals surface area (Å²) in [6.07, 6.45) is 1.81. The maximum absolute atomic E-state index is 12.0. The number of aryl methyl sites for hydroxylation is 1. The number of para-hydroxylation sites is 1. The third-order valence-corrected chi connectivity index (χ3v) is 7.67. The average Bonchev–Trinajstić information content (AvgIpc) is 3.40. The molecule has 0 unspecified atom stereocenters. The molecule has 7 nitrogen and oxygen atoms in total. The first-order chi connectivity index (χ1) is 18.4. The van der Waals surface area contributed by atoms with Gasteiger partial charge in [0.1, 0.15) is 6.61 Å². The molecule has 1 amide bonds. The molecule has 1 saturated heterocycles. The molecule has 2 N–H and O–H groups in total. The first kappa shape index (κ1) is 26.1. The van der Waals surface area contributed by atoms with Gasteiger partial charge in [0.05, 0.1) is 23.5 Å². The number of hydrogen-bond donors (Lipinski definition) is 2. The summed E-state index contributed by atoms with van der Waals surface area (Å²) in [4.78, 5) is 18.8. The lowest BCUT2D eigenvalue weighted by Gasteiger charge is -2.28. The highest BCUT2D eigenvalue weighted by Gasteiger charge is 2.42. The molecule has 9 heteroatoms. The minimum Gasteiger partial charge on any atom is -0.375 e. The number of halogens is 1. The third-order valence-electron chi connectivity index (χ3n) is 6.69. The molecule has 0 saturated carbocycles. The molecule has 1 fully saturated rings. The van der Waals surface area contributed by atoms with Crippen LogP contribution >= 0.6 is 28.1 Å². The van der Waals surface area contributed by atoms with E-state index in [2.05, 4.69) is 73.1 Å². The van der Waals surface area contributed by atoms with Crippen molar-refractivity contribution < 1.29 is 9.53 Å². The Labute approximate surface area is 236 Å². The van der Waals surface area contributed by atoms with Crippen LogP contribution in [0.25, 0.3) is 5.69 Å². The Hall–Kier alpha value is -3.53. The Balaban J connectivity index is 1.59. The van der Waals surface area contributed by atoms with E-state index in [9.17, 15) is 4.79 Å². The predicted molar refractivity (Wildman–Crippen MR) is 158 cm³/mol. The van der Waals surface area contributed by atoms with Gasteiger partial charge in [0.15, 0.2) is 5.11 Å². The summed E-state index contributed by atoms with van der Waals surface area (Å²) < 4.78 is 8.21. The van der Waals surface area contributed by atoms with E-state index in [-0.39, 0.29) is 24.6 Å². The normalized spacial score (nSPS) is 16.9. The number of carbonyl (C=O) groups is 1. The predicted octanol–water partition coefficient (Wildman–Crippen LogP) is 6.01. The third kappa shape index (κ3) is 4.97. The number of aromatic nitrogens is 2. The van der Waals surface area contributed by atoms with E-state index in [1.807, 2.05) is 60.8 Å². The number of hydrogen-bond acceptors (Lipinski definition) is 4. The number of ether oxygens (including phenoxy) is 1. The van der Waals surface area contributed by atoms with E-state index >= 15 is 0 Å². The summed E-state index contributed by atoms with van der Waals surface area (Å²) in [5, 5.41) is 6.99. The molecule has 38 heavy (non-hydrogen) atoms. The number of methoxy groups -OCH3 is 1. The fraction of sp³-hybridized carbons (Fsp3) is 0.207. The number of nitrogens with one attached hydrogen (secondary N) is 2. The molecule has 5 rings (SSSR count). The maximum atomic E-state index is 12.0. The zero-order valence-corrected chi connectivity index (χ0v) is 23.7. The van der Waals surface area contributed by atoms with Crippen LogP contribution in [0.1, 0.15) is 34.7 Å². The highest BCUT2D eigenvalue weighted by atomic mass is 79.9. The molecular weight excluding hydrogens is 562 g/mol. The summed E-state index contributed by atoms with van der Waals surface area (Å²) in [7, 11) is 1.50. The van der Waals surface area contributed by atoms with E-state index in [0.717, 1.165) is 38.5 Å². The van der Waals surface area contributed by atoms with Crippen molar-refractivity contribution in [2.75, 3.05) is 23.9 Å². The smallest absolute Gasteiger partial charge is 0.250 e. The van der Waals surface area contributed by atoms with Gasteiger partial charge < -0.3 is 24.8 Å². The van der Waals surface area contributed by atoms with Crippen molar-refractivity contribution in [1.29, 1.82) is 0 Å². The van der Waals surface area contributed by atoms with Crippen LogP contribution in [0, 0.1) is 13.8 Å². The second-order valence-electron chi connectivity index (χ2n) is 9.14. The van der Waals surface area contributed by atoms with Gasteiger partial charge in [-0.05, 0) is 102 Å². The Bertz CT molecular complexity index is 1470. The molecule has 0 spiro atoms. The van der Waals surface area contributed by atoms with Crippen LogP contribution in [-0.2, 0) is 9.53 Å². The molecule has 3 heterocycles. The summed E-state index contributed by atoms with van der Waals surface area (Å²) in [5.41, 5.74) is 7.01. The Morgan fingerprint density at radius 1 is 1.11 bits per heavy atom. The minimum atomic E-state index is -0.203. The first-order valence-corrected chi connectivity index (χ1v) is 13.4. The van der Waals surface area contributed by atoms with Gasteiger partial charge in [-0.25, -0.2) is 0 Å². The monoisotopic (exact) mass is 589 g/mol. The summed E-state index contributed by atoms with van der Waals surface area (Å²) in [6, 6.07) is 23.8. The molecule has 1 aliphatic heterocycles. The van der Waals surface area contributed by atoms with Crippen LogP contribution in [0.15, 0.2) is 83.5 Å². The number of thiocarbonyl (C=S) groups is 1. The lowest BCUT2D eigenvalue weighted by Crippen LogP contribution is -2.29. The standard InChI is InChI=1S/C29H28BrN5O2S/c1-18-16-22(19(2)34(18)25-10-5-4-8-23(25)30)28-27(24-9-6-7-15-31-24)33-29(38)35(28)21-13-11-20(12-14-21)32-26(36)17-37-3/h4-16,27-28H,17H2,1-3H3,(H,32,36)(H,33,38)/t27-,28+/m1/s1. The summed E-state index contributed by atoms with van der Waals surface area (Å²) in [6.45, 7) is 4.27. The van der Waals surface area contributed by atoms with Crippen LogP contribution in [-0.4, -0.2) is 34.3 Å². The average molecular weight is 591 g/mol. The van der Waals surface area contributed by atoms with Crippen molar-refractivity contribution in [2.24, 2.45) is 0 Å². The van der Waals surface area contributed by atoms with Gasteiger partial charge in [0, 0.05) is 40.5 Å². The van der Waals surface area contributed by atoms with Crippen molar-refractivity contribution in [1.82, 2.24) is 14.9 Å². The van der Waals surface area contributed by atoms with E-state index in [1.165, 1.54) is 7.11 Å². The maximum Gasteiger partial charge on any atom is 0.250 e.